The SMILES string of the molecule is COc1cc(C)c(Cl)c(C)c1CN. The molecule has 13 heavy (non-hydrogen) atoms. The monoisotopic (exact) mass is 199 g/mol. The Bertz CT molecular complexity index is 323. The molecule has 3 heteroatoms. The van der Waals surface area contributed by atoms with Crippen LogP contribution in [0.5, 0.6) is 5.75 Å². The van der Waals surface area contributed by atoms with E-state index in [9.17, 15) is 0 Å². The van der Waals surface area contributed by atoms with E-state index in [1.807, 2.05) is 19.9 Å². The highest BCUT2D eigenvalue weighted by Gasteiger charge is 2.10. The zero-order chi connectivity index (χ0) is 10.0. The third-order valence-electron chi connectivity index (χ3n) is 2.20. The van der Waals surface area contributed by atoms with Gasteiger partial charge in [0.15, 0.2) is 0 Å². The Labute approximate surface area is 83.6 Å². The predicted octanol–water partition coefficient (Wildman–Crippen LogP) is 2.42. The molecule has 1 aromatic rings. The molecule has 0 saturated carbocycles. The van der Waals surface area contributed by atoms with Crippen molar-refractivity contribution in [1.82, 2.24) is 0 Å². The van der Waals surface area contributed by atoms with E-state index in [4.69, 9.17) is 22.1 Å². The highest BCUT2D eigenvalue weighted by molar-refractivity contribution is 6.32. The molecule has 0 aliphatic heterocycles. The van der Waals surface area contributed by atoms with Crippen LogP contribution in [0, 0.1) is 13.8 Å². The van der Waals surface area contributed by atoms with Crippen molar-refractivity contribution >= 4 is 11.6 Å². The van der Waals surface area contributed by atoms with Gasteiger partial charge in [0.25, 0.3) is 0 Å². The van der Waals surface area contributed by atoms with E-state index in [1.54, 1.807) is 7.11 Å². The smallest absolute Gasteiger partial charge is 0.123 e. The van der Waals surface area contributed by atoms with Crippen molar-refractivity contribution < 1.29 is 4.74 Å². The third kappa shape index (κ3) is 1.79. The molecule has 2 N–H and O–H groups in total. The zero-order valence-electron chi connectivity index (χ0n) is 8.15. The van der Waals surface area contributed by atoms with Crippen molar-refractivity contribution in [2.75, 3.05) is 7.11 Å². The predicted molar refractivity (Wildman–Crippen MR) is 55.4 cm³/mol. The van der Waals surface area contributed by atoms with Crippen LogP contribution in [-0.2, 0) is 6.54 Å². The first kappa shape index (κ1) is 10.4. The van der Waals surface area contributed by atoms with Crippen LogP contribution in [0.3, 0.4) is 0 Å². The lowest BCUT2D eigenvalue weighted by molar-refractivity contribution is 0.409. The van der Waals surface area contributed by atoms with Crippen molar-refractivity contribution in [3.8, 4) is 5.75 Å². The third-order valence-corrected chi connectivity index (χ3v) is 2.78. The molecule has 2 nitrogen and oxygen atoms in total. The molecular formula is C10H14ClNO. The summed E-state index contributed by atoms with van der Waals surface area (Å²) < 4.78 is 5.21. The van der Waals surface area contributed by atoms with E-state index >= 15 is 0 Å². The summed E-state index contributed by atoms with van der Waals surface area (Å²) in [6.07, 6.45) is 0. The second kappa shape index (κ2) is 3.99. The van der Waals surface area contributed by atoms with Gasteiger partial charge in [-0.25, -0.2) is 0 Å². The number of aryl methyl sites for hydroxylation is 1. The highest BCUT2D eigenvalue weighted by Crippen LogP contribution is 2.30. The van der Waals surface area contributed by atoms with Gasteiger partial charge in [0, 0.05) is 17.1 Å². The van der Waals surface area contributed by atoms with E-state index in [0.29, 0.717) is 6.54 Å². The number of halogens is 1. The molecule has 72 valence electrons. The molecule has 0 unspecified atom stereocenters. The molecule has 0 fully saturated rings. The van der Waals surface area contributed by atoms with Gasteiger partial charge in [-0.3, -0.25) is 0 Å². The lowest BCUT2D eigenvalue weighted by Gasteiger charge is -2.13. The number of nitrogens with two attached hydrogens (primary N) is 1. The van der Waals surface area contributed by atoms with Gasteiger partial charge in [0.2, 0.25) is 0 Å². The minimum absolute atomic E-state index is 0.453. The van der Waals surface area contributed by atoms with E-state index in [2.05, 4.69) is 0 Å². The molecule has 1 rings (SSSR count). The number of hydrogen-bond acceptors (Lipinski definition) is 2. The number of methoxy groups -OCH3 is 1. The molecule has 0 aromatic heterocycles. The van der Waals surface area contributed by atoms with Gasteiger partial charge in [-0.2, -0.15) is 0 Å². The molecule has 0 aliphatic carbocycles. The minimum Gasteiger partial charge on any atom is -0.496 e. The summed E-state index contributed by atoms with van der Waals surface area (Å²) in [6.45, 7) is 4.37. The summed E-state index contributed by atoms with van der Waals surface area (Å²) >= 11 is 6.08. The Morgan fingerprint density at radius 1 is 1.46 bits per heavy atom. The Hall–Kier alpha value is -0.730. The Balaban J connectivity index is 3.39. The fourth-order valence-corrected chi connectivity index (χ4v) is 1.56. The normalized spacial score (nSPS) is 10.2. The van der Waals surface area contributed by atoms with Gasteiger partial charge < -0.3 is 10.5 Å². The van der Waals surface area contributed by atoms with Crippen LogP contribution in [0.25, 0.3) is 0 Å². The van der Waals surface area contributed by atoms with Gasteiger partial charge in [0.05, 0.1) is 7.11 Å². The van der Waals surface area contributed by atoms with Crippen LogP contribution in [-0.4, -0.2) is 7.11 Å². The number of benzene rings is 1. The maximum absolute atomic E-state index is 6.08. The van der Waals surface area contributed by atoms with Crippen LogP contribution < -0.4 is 10.5 Å². The Kier molecular flexibility index (Phi) is 3.17. The van der Waals surface area contributed by atoms with Crippen molar-refractivity contribution in [1.29, 1.82) is 0 Å². The summed E-state index contributed by atoms with van der Waals surface area (Å²) in [5, 5.41) is 0.779. The van der Waals surface area contributed by atoms with Gasteiger partial charge in [-0.1, -0.05) is 11.6 Å². The van der Waals surface area contributed by atoms with E-state index in [1.165, 1.54) is 0 Å². The maximum atomic E-state index is 6.08. The quantitative estimate of drug-likeness (QED) is 0.794. The first-order valence-electron chi connectivity index (χ1n) is 4.14. The fourth-order valence-electron chi connectivity index (χ4n) is 1.40. The standard InChI is InChI=1S/C10H14ClNO/c1-6-4-9(13-3)8(5-12)7(2)10(6)11/h4H,5,12H2,1-3H3. The summed E-state index contributed by atoms with van der Waals surface area (Å²) in [5.41, 5.74) is 8.63. The first-order chi connectivity index (χ1) is 6.11. The molecule has 0 heterocycles. The van der Waals surface area contributed by atoms with Gasteiger partial charge >= 0.3 is 0 Å². The van der Waals surface area contributed by atoms with Gasteiger partial charge in [0.1, 0.15) is 5.75 Å². The van der Waals surface area contributed by atoms with Crippen molar-refractivity contribution in [3.63, 3.8) is 0 Å². The molecule has 0 saturated heterocycles. The fraction of sp³-hybridized carbons (Fsp3) is 0.400. The number of rotatable bonds is 2. The van der Waals surface area contributed by atoms with Crippen LogP contribution in [0.1, 0.15) is 16.7 Å². The molecule has 0 atom stereocenters. The van der Waals surface area contributed by atoms with E-state index in [0.717, 1.165) is 27.5 Å². The Morgan fingerprint density at radius 2 is 2.08 bits per heavy atom. The number of ether oxygens (including phenoxy) is 1. The van der Waals surface area contributed by atoms with E-state index < -0.39 is 0 Å². The molecule has 0 amide bonds. The molecule has 0 spiro atoms. The lowest BCUT2D eigenvalue weighted by Crippen LogP contribution is -2.03. The summed E-state index contributed by atoms with van der Waals surface area (Å²) in [6, 6.07) is 1.91. The second-order valence-electron chi connectivity index (χ2n) is 3.02. The first-order valence-corrected chi connectivity index (χ1v) is 4.52. The van der Waals surface area contributed by atoms with Gasteiger partial charge in [-0.15, -0.1) is 0 Å². The van der Waals surface area contributed by atoms with Crippen LogP contribution in [0.15, 0.2) is 6.07 Å². The molecular weight excluding hydrogens is 186 g/mol. The molecule has 0 aliphatic rings. The summed E-state index contributed by atoms with van der Waals surface area (Å²) in [5.74, 6) is 0.821. The minimum atomic E-state index is 0.453. The average molecular weight is 200 g/mol. The van der Waals surface area contributed by atoms with Crippen molar-refractivity contribution in [2.45, 2.75) is 20.4 Å². The maximum Gasteiger partial charge on any atom is 0.123 e. The largest absolute Gasteiger partial charge is 0.496 e. The van der Waals surface area contributed by atoms with Crippen LogP contribution in [0.2, 0.25) is 5.02 Å². The van der Waals surface area contributed by atoms with Crippen molar-refractivity contribution in [2.24, 2.45) is 5.73 Å². The Morgan fingerprint density at radius 3 is 2.54 bits per heavy atom. The van der Waals surface area contributed by atoms with E-state index in [-0.39, 0.29) is 0 Å². The van der Waals surface area contributed by atoms with Crippen LogP contribution in [0.4, 0.5) is 0 Å². The summed E-state index contributed by atoms with van der Waals surface area (Å²) in [7, 11) is 1.64. The topological polar surface area (TPSA) is 35.2 Å². The van der Waals surface area contributed by atoms with Gasteiger partial charge in [-0.05, 0) is 31.0 Å². The molecule has 0 radical (unpaired) electrons. The van der Waals surface area contributed by atoms with Crippen LogP contribution >= 0.6 is 11.6 Å². The zero-order valence-corrected chi connectivity index (χ0v) is 8.90. The average Bonchev–Trinajstić information content (AvgIpc) is 2.13. The molecule has 1 aromatic carbocycles. The number of hydrogen-bond donors (Lipinski definition) is 1. The lowest BCUT2D eigenvalue weighted by atomic mass is 10.0. The second-order valence-corrected chi connectivity index (χ2v) is 3.40. The highest BCUT2D eigenvalue weighted by atomic mass is 35.5. The summed E-state index contributed by atoms with van der Waals surface area (Å²) in [4.78, 5) is 0. The molecule has 0 bridgehead atoms. The van der Waals surface area contributed by atoms with Crippen molar-refractivity contribution in [3.05, 3.63) is 27.8 Å².